The van der Waals surface area contributed by atoms with E-state index in [9.17, 15) is 5.11 Å². The molecule has 0 spiro atoms. The molecule has 1 N–H and O–H groups in total. The molecule has 0 bridgehead atoms. The average Bonchev–Trinajstić information content (AvgIpc) is 2.34. The van der Waals surface area contributed by atoms with Gasteiger partial charge in [-0.3, -0.25) is 4.90 Å². The van der Waals surface area contributed by atoms with Crippen molar-refractivity contribution >= 4 is 0 Å². The Morgan fingerprint density at radius 3 is 2.50 bits per heavy atom. The molecular formula is C15H23NO2. The van der Waals surface area contributed by atoms with Crippen molar-refractivity contribution in [3.8, 4) is 11.5 Å². The highest BCUT2D eigenvalue weighted by atomic mass is 16.5. The number of benzene rings is 1. The molecule has 2 atom stereocenters. The number of hydrogen-bond acceptors (Lipinski definition) is 3. The number of phenolic OH excluding ortho intramolecular Hbond substituents is 1. The molecule has 2 rings (SSSR count). The number of rotatable bonds is 3. The van der Waals surface area contributed by atoms with E-state index in [1.807, 2.05) is 18.2 Å². The Hall–Kier alpha value is -1.22. The Balaban J connectivity index is 2.10. The second-order valence-electron chi connectivity index (χ2n) is 5.31. The summed E-state index contributed by atoms with van der Waals surface area (Å²) in [5.41, 5.74) is 1.15. The standard InChI is InChI=1S/C15H23NO2/c1-11-5-4-6-12(2)16(11)10-13-7-8-15(18-3)14(17)9-13/h7-9,11-12,17H,4-6,10H2,1-3H3. The maximum Gasteiger partial charge on any atom is 0.160 e. The van der Waals surface area contributed by atoms with Crippen LogP contribution in [0.4, 0.5) is 0 Å². The first-order chi connectivity index (χ1) is 8.61. The van der Waals surface area contributed by atoms with Crippen LogP contribution in [0.3, 0.4) is 0 Å². The van der Waals surface area contributed by atoms with E-state index in [0.29, 0.717) is 17.8 Å². The van der Waals surface area contributed by atoms with Crippen LogP contribution in [0.1, 0.15) is 38.7 Å². The largest absolute Gasteiger partial charge is 0.504 e. The fraction of sp³-hybridized carbons (Fsp3) is 0.600. The Labute approximate surface area is 109 Å². The van der Waals surface area contributed by atoms with E-state index in [4.69, 9.17) is 4.74 Å². The summed E-state index contributed by atoms with van der Waals surface area (Å²) in [4.78, 5) is 2.52. The lowest BCUT2D eigenvalue weighted by molar-refractivity contribution is 0.0952. The summed E-state index contributed by atoms with van der Waals surface area (Å²) < 4.78 is 5.07. The number of hydrogen-bond donors (Lipinski definition) is 1. The van der Waals surface area contributed by atoms with Crippen LogP contribution in [0.2, 0.25) is 0 Å². The first-order valence-corrected chi connectivity index (χ1v) is 6.73. The fourth-order valence-electron chi connectivity index (χ4n) is 2.83. The smallest absolute Gasteiger partial charge is 0.160 e. The van der Waals surface area contributed by atoms with Crippen LogP contribution < -0.4 is 4.74 Å². The number of nitrogens with zero attached hydrogens (tertiary/aromatic N) is 1. The number of piperidine rings is 1. The van der Waals surface area contributed by atoms with Gasteiger partial charge in [0.1, 0.15) is 0 Å². The van der Waals surface area contributed by atoms with Crippen LogP contribution in [0.25, 0.3) is 0 Å². The summed E-state index contributed by atoms with van der Waals surface area (Å²) in [6.45, 7) is 5.48. The second kappa shape index (κ2) is 5.61. The van der Waals surface area contributed by atoms with Crippen molar-refractivity contribution in [2.45, 2.75) is 51.7 Å². The first-order valence-electron chi connectivity index (χ1n) is 6.73. The van der Waals surface area contributed by atoms with Gasteiger partial charge in [0.15, 0.2) is 11.5 Å². The third kappa shape index (κ3) is 2.78. The van der Waals surface area contributed by atoms with Crippen molar-refractivity contribution in [1.82, 2.24) is 4.90 Å². The second-order valence-corrected chi connectivity index (χ2v) is 5.31. The SMILES string of the molecule is COc1ccc(CN2C(C)CCCC2C)cc1O. The molecule has 1 saturated heterocycles. The van der Waals surface area contributed by atoms with Crippen molar-refractivity contribution in [1.29, 1.82) is 0 Å². The minimum atomic E-state index is 0.229. The van der Waals surface area contributed by atoms with E-state index < -0.39 is 0 Å². The highest BCUT2D eigenvalue weighted by Gasteiger charge is 2.24. The van der Waals surface area contributed by atoms with E-state index in [-0.39, 0.29) is 5.75 Å². The minimum absolute atomic E-state index is 0.229. The lowest BCUT2D eigenvalue weighted by Gasteiger charge is -2.39. The van der Waals surface area contributed by atoms with Gasteiger partial charge in [0.2, 0.25) is 0 Å². The van der Waals surface area contributed by atoms with Gasteiger partial charge in [0.25, 0.3) is 0 Å². The number of methoxy groups -OCH3 is 1. The third-order valence-electron chi connectivity index (χ3n) is 3.98. The van der Waals surface area contributed by atoms with Crippen LogP contribution in [-0.2, 0) is 6.54 Å². The zero-order valence-corrected chi connectivity index (χ0v) is 11.5. The first kappa shape index (κ1) is 13.2. The monoisotopic (exact) mass is 249 g/mol. The topological polar surface area (TPSA) is 32.7 Å². The molecule has 18 heavy (non-hydrogen) atoms. The molecule has 1 aliphatic heterocycles. The van der Waals surface area contributed by atoms with Crippen LogP contribution in [0, 0.1) is 0 Å². The molecular weight excluding hydrogens is 226 g/mol. The van der Waals surface area contributed by atoms with E-state index in [1.54, 1.807) is 7.11 Å². The Morgan fingerprint density at radius 1 is 1.28 bits per heavy atom. The molecule has 1 fully saturated rings. The predicted octanol–water partition coefficient (Wildman–Crippen LogP) is 3.16. The zero-order chi connectivity index (χ0) is 13.1. The van der Waals surface area contributed by atoms with Crippen molar-refractivity contribution in [3.63, 3.8) is 0 Å². The molecule has 1 aromatic rings. The molecule has 100 valence electrons. The molecule has 1 heterocycles. The van der Waals surface area contributed by atoms with Crippen molar-refractivity contribution < 1.29 is 9.84 Å². The highest BCUT2D eigenvalue weighted by Crippen LogP contribution is 2.29. The summed E-state index contributed by atoms with van der Waals surface area (Å²) in [6, 6.07) is 6.93. The maximum absolute atomic E-state index is 9.81. The van der Waals surface area contributed by atoms with Crippen LogP contribution >= 0.6 is 0 Å². The molecule has 2 unspecified atom stereocenters. The van der Waals surface area contributed by atoms with Gasteiger partial charge in [-0.25, -0.2) is 0 Å². The van der Waals surface area contributed by atoms with Gasteiger partial charge >= 0.3 is 0 Å². The van der Waals surface area contributed by atoms with Gasteiger partial charge < -0.3 is 9.84 Å². The van der Waals surface area contributed by atoms with Gasteiger partial charge in [-0.2, -0.15) is 0 Å². The lowest BCUT2D eigenvalue weighted by atomic mass is 9.96. The molecule has 1 aliphatic rings. The molecule has 3 heteroatoms. The van der Waals surface area contributed by atoms with Crippen LogP contribution in [0.5, 0.6) is 11.5 Å². The van der Waals surface area contributed by atoms with Gasteiger partial charge in [-0.15, -0.1) is 0 Å². The fourth-order valence-corrected chi connectivity index (χ4v) is 2.83. The molecule has 0 aliphatic carbocycles. The van der Waals surface area contributed by atoms with E-state index in [1.165, 1.54) is 19.3 Å². The van der Waals surface area contributed by atoms with Gasteiger partial charge in [-0.05, 0) is 44.4 Å². The maximum atomic E-state index is 9.81. The van der Waals surface area contributed by atoms with Crippen molar-refractivity contribution in [2.24, 2.45) is 0 Å². The Morgan fingerprint density at radius 2 is 1.94 bits per heavy atom. The molecule has 0 saturated carbocycles. The van der Waals surface area contributed by atoms with Gasteiger partial charge in [0, 0.05) is 18.6 Å². The number of ether oxygens (including phenoxy) is 1. The molecule has 0 aromatic heterocycles. The molecule has 1 aromatic carbocycles. The average molecular weight is 249 g/mol. The number of phenols is 1. The summed E-state index contributed by atoms with van der Waals surface area (Å²) in [7, 11) is 1.57. The minimum Gasteiger partial charge on any atom is -0.504 e. The Kier molecular flexibility index (Phi) is 4.12. The summed E-state index contributed by atoms with van der Waals surface area (Å²) in [6.07, 6.45) is 3.87. The quantitative estimate of drug-likeness (QED) is 0.893. The van der Waals surface area contributed by atoms with E-state index in [2.05, 4.69) is 18.7 Å². The molecule has 0 amide bonds. The molecule has 0 radical (unpaired) electrons. The van der Waals surface area contributed by atoms with Gasteiger partial charge in [0.05, 0.1) is 7.11 Å². The predicted molar refractivity (Wildman–Crippen MR) is 73.0 cm³/mol. The number of aromatic hydroxyl groups is 1. The molecule has 3 nitrogen and oxygen atoms in total. The highest BCUT2D eigenvalue weighted by molar-refractivity contribution is 5.41. The Bertz CT molecular complexity index is 395. The zero-order valence-electron chi connectivity index (χ0n) is 11.5. The third-order valence-corrected chi connectivity index (χ3v) is 3.98. The van der Waals surface area contributed by atoms with Crippen molar-refractivity contribution in [3.05, 3.63) is 23.8 Å². The van der Waals surface area contributed by atoms with Gasteiger partial charge in [-0.1, -0.05) is 12.5 Å². The number of likely N-dealkylation sites (tertiary alicyclic amines) is 1. The normalized spacial score (nSPS) is 25.1. The summed E-state index contributed by atoms with van der Waals surface area (Å²) >= 11 is 0. The van der Waals surface area contributed by atoms with Crippen LogP contribution in [-0.4, -0.2) is 29.2 Å². The summed E-state index contributed by atoms with van der Waals surface area (Å²) in [5.74, 6) is 0.769. The lowest BCUT2D eigenvalue weighted by Crippen LogP contribution is -2.42. The van der Waals surface area contributed by atoms with E-state index in [0.717, 1.165) is 12.1 Å². The van der Waals surface area contributed by atoms with Crippen LogP contribution in [0.15, 0.2) is 18.2 Å². The summed E-state index contributed by atoms with van der Waals surface area (Å²) in [5, 5.41) is 9.81. The van der Waals surface area contributed by atoms with E-state index >= 15 is 0 Å². The van der Waals surface area contributed by atoms with Crippen molar-refractivity contribution in [2.75, 3.05) is 7.11 Å².